The van der Waals surface area contributed by atoms with Gasteiger partial charge in [0.05, 0.1) is 24.0 Å². The first-order valence-corrected chi connectivity index (χ1v) is 11.6. The van der Waals surface area contributed by atoms with Gasteiger partial charge in [-0.25, -0.2) is 0 Å². The fourth-order valence-corrected chi connectivity index (χ4v) is 6.27. The molecule has 4 aliphatic rings. The highest BCUT2D eigenvalue weighted by Crippen LogP contribution is 2.51. The molecule has 32 heavy (non-hydrogen) atoms. The van der Waals surface area contributed by atoms with Gasteiger partial charge in [-0.3, -0.25) is 19.2 Å². The first-order valence-electron chi connectivity index (χ1n) is 11.6. The molecule has 0 radical (unpaired) electrons. The van der Waals surface area contributed by atoms with Crippen LogP contribution in [0.4, 0.5) is 0 Å². The number of unbranched alkanes of at least 4 members (excludes halogenated alkanes) is 3. The Bertz CT molecular complexity index is 752. The molecule has 10 nitrogen and oxygen atoms in total. The number of aliphatic hydroxyl groups excluding tert-OH is 2. The van der Waals surface area contributed by atoms with E-state index in [1.54, 1.807) is 9.80 Å². The molecule has 2 aliphatic heterocycles. The van der Waals surface area contributed by atoms with E-state index in [1.807, 2.05) is 0 Å². The Kier molecular flexibility index (Phi) is 5.96. The third kappa shape index (κ3) is 3.57. The van der Waals surface area contributed by atoms with E-state index in [4.69, 9.17) is 0 Å². The third-order valence-corrected chi connectivity index (χ3v) is 8.03. The maximum atomic E-state index is 12.4. The number of hydrogen-bond donors (Lipinski definition) is 4. The lowest BCUT2D eigenvalue weighted by atomic mass is 9.77. The molecule has 178 valence electrons. The van der Waals surface area contributed by atoms with Crippen molar-refractivity contribution < 1.29 is 39.6 Å². The van der Waals surface area contributed by atoms with Gasteiger partial charge < -0.3 is 30.2 Å². The highest BCUT2D eigenvalue weighted by Gasteiger charge is 2.70. The summed E-state index contributed by atoms with van der Waals surface area (Å²) in [7, 11) is 0. The molecule has 4 rings (SSSR count). The summed E-state index contributed by atoms with van der Waals surface area (Å²) in [5, 5.41) is 38.9. The number of rotatable bonds is 9. The minimum absolute atomic E-state index is 0.179. The predicted molar refractivity (Wildman–Crippen MR) is 109 cm³/mol. The molecule has 2 amide bonds. The number of aliphatic carboxylic acids is 2. The zero-order chi connectivity index (χ0) is 23.3. The molecule has 4 fully saturated rings. The lowest BCUT2D eigenvalue weighted by Gasteiger charge is -2.30. The predicted octanol–water partition coefficient (Wildman–Crippen LogP) is 0.200. The standard InChI is InChI=1S/C22H32N2O8/c25-13-5-7-15(17(27)28)21(11-13)19(31)23(21)9-3-1-2-4-10-24-20(32)22(24)12-14(26)6-8-16(22)18(29)30/h13-16,25-26H,1-12H2,(H,27,28)(H,29,30). The molecule has 6 unspecified atom stereocenters. The van der Waals surface area contributed by atoms with Gasteiger partial charge in [-0.1, -0.05) is 12.8 Å². The largest absolute Gasteiger partial charge is 0.481 e. The lowest BCUT2D eigenvalue weighted by Crippen LogP contribution is -2.43. The fourth-order valence-electron chi connectivity index (χ4n) is 6.27. The highest BCUT2D eigenvalue weighted by atomic mass is 16.4. The number of carbonyl (C=O) groups is 4. The van der Waals surface area contributed by atoms with Crippen molar-refractivity contribution in [3.8, 4) is 0 Å². The van der Waals surface area contributed by atoms with Crippen molar-refractivity contribution >= 4 is 23.8 Å². The molecule has 10 heteroatoms. The van der Waals surface area contributed by atoms with Crippen LogP contribution in [0.15, 0.2) is 0 Å². The number of carboxylic acid groups (broad SMARTS) is 2. The second kappa shape index (κ2) is 8.30. The Morgan fingerprint density at radius 2 is 1.09 bits per heavy atom. The number of aliphatic hydroxyl groups is 2. The van der Waals surface area contributed by atoms with E-state index in [-0.39, 0.29) is 24.7 Å². The van der Waals surface area contributed by atoms with E-state index in [2.05, 4.69) is 0 Å². The van der Waals surface area contributed by atoms with Gasteiger partial charge in [0.1, 0.15) is 11.1 Å². The van der Waals surface area contributed by atoms with Crippen molar-refractivity contribution in [3.05, 3.63) is 0 Å². The molecule has 2 saturated heterocycles. The zero-order valence-electron chi connectivity index (χ0n) is 18.1. The molecule has 2 aliphatic carbocycles. The summed E-state index contributed by atoms with van der Waals surface area (Å²) >= 11 is 0. The van der Waals surface area contributed by atoms with Gasteiger partial charge >= 0.3 is 11.9 Å². The van der Waals surface area contributed by atoms with E-state index in [0.717, 1.165) is 12.8 Å². The number of carboxylic acids is 2. The van der Waals surface area contributed by atoms with Crippen LogP contribution >= 0.6 is 0 Å². The molecular formula is C22H32N2O8. The van der Waals surface area contributed by atoms with Gasteiger partial charge in [0.2, 0.25) is 11.8 Å². The minimum atomic E-state index is -1.05. The number of nitrogens with zero attached hydrogens (tertiary/aromatic N) is 2. The van der Waals surface area contributed by atoms with Gasteiger partial charge in [-0.05, 0) is 38.5 Å². The number of amides is 2. The maximum Gasteiger partial charge on any atom is 0.309 e. The molecule has 4 N–H and O–H groups in total. The van der Waals surface area contributed by atoms with Crippen molar-refractivity contribution in [2.24, 2.45) is 11.8 Å². The van der Waals surface area contributed by atoms with Gasteiger partial charge in [-0.2, -0.15) is 0 Å². The van der Waals surface area contributed by atoms with Crippen molar-refractivity contribution in [2.75, 3.05) is 13.1 Å². The monoisotopic (exact) mass is 452 g/mol. The summed E-state index contributed by atoms with van der Waals surface area (Å²) in [6.07, 6.45) is 3.45. The normalized spacial score (nSPS) is 38.4. The van der Waals surface area contributed by atoms with Crippen molar-refractivity contribution in [3.63, 3.8) is 0 Å². The summed E-state index contributed by atoms with van der Waals surface area (Å²) in [6.45, 7) is 0.907. The van der Waals surface area contributed by atoms with Crippen molar-refractivity contribution in [1.29, 1.82) is 0 Å². The quantitative estimate of drug-likeness (QED) is 0.286. The van der Waals surface area contributed by atoms with E-state index in [9.17, 15) is 39.6 Å². The first kappa shape index (κ1) is 23.0. The molecule has 0 aromatic carbocycles. The SMILES string of the molecule is O=C(O)C1CCC(O)CC12C(=O)N2CCCCCCN1C(=O)C12CC(O)CCC2C(=O)O. The summed E-state index contributed by atoms with van der Waals surface area (Å²) in [5.41, 5.74) is -2.09. The van der Waals surface area contributed by atoms with E-state index in [0.29, 0.717) is 51.6 Å². The Labute approximate surface area is 186 Å². The molecule has 2 saturated carbocycles. The van der Waals surface area contributed by atoms with E-state index in [1.165, 1.54) is 0 Å². The van der Waals surface area contributed by atoms with Crippen LogP contribution < -0.4 is 0 Å². The number of carbonyl (C=O) groups excluding carboxylic acids is 2. The summed E-state index contributed by atoms with van der Waals surface area (Å²) in [4.78, 5) is 51.2. The van der Waals surface area contributed by atoms with Gasteiger partial charge in [-0.15, -0.1) is 0 Å². The maximum absolute atomic E-state index is 12.4. The van der Waals surface area contributed by atoms with Crippen LogP contribution in [0, 0.1) is 11.8 Å². The minimum Gasteiger partial charge on any atom is -0.481 e. The van der Waals surface area contributed by atoms with Crippen LogP contribution in [0.5, 0.6) is 0 Å². The highest BCUT2D eigenvalue weighted by molar-refractivity contribution is 6.06. The molecule has 0 bridgehead atoms. The third-order valence-electron chi connectivity index (χ3n) is 8.03. The van der Waals surface area contributed by atoms with Crippen molar-refractivity contribution in [2.45, 2.75) is 87.5 Å². The second-order valence-corrected chi connectivity index (χ2v) is 9.83. The fraction of sp³-hybridized carbons (Fsp3) is 0.818. The van der Waals surface area contributed by atoms with Crippen LogP contribution in [0.1, 0.15) is 64.2 Å². The molecule has 0 aromatic rings. The van der Waals surface area contributed by atoms with E-state index < -0.39 is 47.1 Å². The Morgan fingerprint density at radius 1 is 0.719 bits per heavy atom. The van der Waals surface area contributed by atoms with Gasteiger partial charge in [0, 0.05) is 25.9 Å². The molecular weight excluding hydrogens is 420 g/mol. The molecule has 0 aromatic heterocycles. The van der Waals surface area contributed by atoms with Crippen LogP contribution in [0.2, 0.25) is 0 Å². The second-order valence-electron chi connectivity index (χ2n) is 9.83. The smallest absolute Gasteiger partial charge is 0.309 e. The Balaban J connectivity index is 1.21. The molecule has 6 atom stereocenters. The van der Waals surface area contributed by atoms with E-state index >= 15 is 0 Å². The van der Waals surface area contributed by atoms with Crippen LogP contribution in [0.3, 0.4) is 0 Å². The first-order chi connectivity index (χ1) is 15.2. The van der Waals surface area contributed by atoms with Crippen LogP contribution in [-0.2, 0) is 19.2 Å². The van der Waals surface area contributed by atoms with Crippen LogP contribution in [0.25, 0.3) is 0 Å². The summed E-state index contributed by atoms with van der Waals surface area (Å²) < 4.78 is 0. The molecule has 2 heterocycles. The lowest BCUT2D eigenvalue weighted by molar-refractivity contribution is -0.147. The Morgan fingerprint density at radius 3 is 1.44 bits per heavy atom. The summed E-state index contributed by atoms with van der Waals surface area (Å²) in [5.74, 6) is -3.88. The zero-order valence-corrected chi connectivity index (χ0v) is 18.1. The average molecular weight is 453 g/mol. The van der Waals surface area contributed by atoms with Gasteiger partial charge in [0.15, 0.2) is 0 Å². The average Bonchev–Trinajstić information content (AvgIpc) is 3.48. The Hall–Kier alpha value is -2.20. The van der Waals surface area contributed by atoms with Gasteiger partial charge in [0.25, 0.3) is 0 Å². The topological polar surface area (TPSA) is 155 Å². The van der Waals surface area contributed by atoms with Crippen LogP contribution in [-0.4, -0.2) is 90.4 Å². The molecule has 2 spiro atoms. The number of hydrogen-bond acceptors (Lipinski definition) is 6. The van der Waals surface area contributed by atoms with Crippen molar-refractivity contribution in [1.82, 2.24) is 9.80 Å². The summed E-state index contributed by atoms with van der Waals surface area (Å²) in [6, 6.07) is 0.